The Morgan fingerprint density at radius 1 is 1.50 bits per heavy atom. The molecule has 0 aromatic carbocycles. The van der Waals surface area contributed by atoms with E-state index in [4.69, 9.17) is 15.6 Å². The lowest BCUT2D eigenvalue weighted by molar-refractivity contribution is -0.137. The number of carboxylic acids is 1. The summed E-state index contributed by atoms with van der Waals surface area (Å²) >= 11 is 0. The summed E-state index contributed by atoms with van der Waals surface area (Å²) in [6.07, 6.45) is 0.707. The second kappa shape index (κ2) is 5.95. The first-order valence-corrected chi connectivity index (χ1v) is 4.96. The van der Waals surface area contributed by atoms with Crippen molar-refractivity contribution in [3.05, 3.63) is 0 Å². The summed E-state index contributed by atoms with van der Waals surface area (Å²) in [5, 5.41) is 8.48. The van der Waals surface area contributed by atoms with Crippen LogP contribution in [-0.2, 0) is 9.53 Å². The fraction of sp³-hybridized carbons (Fsp3) is 0.889. The van der Waals surface area contributed by atoms with Crippen LogP contribution >= 0.6 is 0 Å². The molecule has 1 heterocycles. The van der Waals surface area contributed by atoms with E-state index in [-0.39, 0.29) is 12.5 Å². The van der Waals surface area contributed by atoms with Gasteiger partial charge in [-0.05, 0) is 6.42 Å². The molecule has 1 rings (SSSR count). The Morgan fingerprint density at radius 2 is 2.14 bits per heavy atom. The van der Waals surface area contributed by atoms with Gasteiger partial charge in [-0.1, -0.05) is 0 Å². The molecule has 0 spiro atoms. The minimum atomic E-state index is -0.776. The van der Waals surface area contributed by atoms with E-state index in [0.29, 0.717) is 6.42 Å². The van der Waals surface area contributed by atoms with Crippen molar-refractivity contribution in [2.45, 2.75) is 18.9 Å². The van der Waals surface area contributed by atoms with Crippen molar-refractivity contribution in [3.8, 4) is 0 Å². The van der Waals surface area contributed by atoms with Crippen LogP contribution in [0.4, 0.5) is 0 Å². The number of hydrogen-bond acceptors (Lipinski definition) is 4. The maximum absolute atomic E-state index is 10.3. The van der Waals surface area contributed by atoms with E-state index in [1.165, 1.54) is 0 Å². The number of hydrogen-bond donors (Lipinski definition) is 2. The number of nitrogens with two attached hydrogens (primary N) is 1. The van der Waals surface area contributed by atoms with Gasteiger partial charge in [-0.2, -0.15) is 0 Å². The summed E-state index contributed by atoms with van der Waals surface area (Å²) in [5.41, 5.74) is 5.81. The molecule has 1 fully saturated rings. The highest BCUT2D eigenvalue weighted by molar-refractivity contribution is 5.66. The summed E-state index contributed by atoms with van der Waals surface area (Å²) in [7, 11) is 0. The van der Waals surface area contributed by atoms with Gasteiger partial charge in [0.05, 0.1) is 13.2 Å². The third kappa shape index (κ3) is 4.55. The SMILES string of the molecule is N[C@H](CCC(=O)O)CN1CCOCC1. The number of aliphatic carboxylic acids is 1. The molecule has 82 valence electrons. The fourth-order valence-corrected chi connectivity index (χ4v) is 1.52. The average molecular weight is 202 g/mol. The van der Waals surface area contributed by atoms with Gasteiger partial charge in [-0.25, -0.2) is 0 Å². The van der Waals surface area contributed by atoms with Gasteiger partial charge in [0.2, 0.25) is 0 Å². The fourth-order valence-electron chi connectivity index (χ4n) is 1.52. The monoisotopic (exact) mass is 202 g/mol. The van der Waals surface area contributed by atoms with Gasteiger partial charge in [-0.15, -0.1) is 0 Å². The maximum Gasteiger partial charge on any atom is 0.303 e. The van der Waals surface area contributed by atoms with Gasteiger partial charge in [-0.3, -0.25) is 9.69 Å². The van der Waals surface area contributed by atoms with Crippen molar-refractivity contribution in [3.63, 3.8) is 0 Å². The van der Waals surface area contributed by atoms with Crippen molar-refractivity contribution < 1.29 is 14.6 Å². The Bertz CT molecular complexity index is 181. The molecule has 1 atom stereocenters. The van der Waals surface area contributed by atoms with Crippen molar-refractivity contribution in [1.82, 2.24) is 4.90 Å². The molecule has 0 radical (unpaired) electrons. The Hall–Kier alpha value is -0.650. The second-order valence-corrected chi connectivity index (χ2v) is 3.61. The maximum atomic E-state index is 10.3. The lowest BCUT2D eigenvalue weighted by atomic mass is 10.1. The van der Waals surface area contributed by atoms with Gasteiger partial charge < -0.3 is 15.6 Å². The molecule has 5 nitrogen and oxygen atoms in total. The zero-order valence-electron chi connectivity index (χ0n) is 8.32. The van der Waals surface area contributed by atoms with Crippen LogP contribution in [0.3, 0.4) is 0 Å². The zero-order valence-corrected chi connectivity index (χ0v) is 8.32. The molecule has 0 aromatic rings. The molecule has 0 bridgehead atoms. The molecule has 1 aliphatic heterocycles. The first kappa shape index (κ1) is 11.4. The van der Waals surface area contributed by atoms with Crippen LogP contribution in [0.5, 0.6) is 0 Å². The smallest absolute Gasteiger partial charge is 0.303 e. The van der Waals surface area contributed by atoms with E-state index in [9.17, 15) is 4.79 Å². The van der Waals surface area contributed by atoms with Gasteiger partial charge >= 0.3 is 5.97 Å². The lowest BCUT2D eigenvalue weighted by Gasteiger charge is -2.28. The molecule has 14 heavy (non-hydrogen) atoms. The highest BCUT2D eigenvalue weighted by atomic mass is 16.5. The Morgan fingerprint density at radius 3 is 2.71 bits per heavy atom. The summed E-state index contributed by atoms with van der Waals surface area (Å²) in [6, 6.07) is -0.0378. The minimum Gasteiger partial charge on any atom is -0.481 e. The van der Waals surface area contributed by atoms with Crippen molar-refractivity contribution in [1.29, 1.82) is 0 Å². The molecule has 0 saturated carbocycles. The Labute approximate surface area is 83.8 Å². The van der Waals surface area contributed by atoms with E-state index in [2.05, 4.69) is 4.90 Å². The Balaban J connectivity index is 2.11. The first-order chi connectivity index (χ1) is 6.68. The molecule has 5 heteroatoms. The standard InChI is InChI=1S/C9H18N2O3/c10-8(1-2-9(12)13)7-11-3-5-14-6-4-11/h8H,1-7,10H2,(H,12,13)/t8-/m1/s1. The Kier molecular flexibility index (Phi) is 4.86. The third-order valence-corrected chi connectivity index (χ3v) is 2.33. The van der Waals surface area contributed by atoms with E-state index < -0.39 is 5.97 Å². The molecule has 0 aromatic heterocycles. The molecule has 1 aliphatic rings. The third-order valence-electron chi connectivity index (χ3n) is 2.33. The number of nitrogens with zero attached hydrogens (tertiary/aromatic N) is 1. The van der Waals surface area contributed by atoms with Crippen LogP contribution in [0.2, 0.25) is 0 Å². The topological polar surface area (TPSA) is 75.8 Å². The van der Waals surface area contributed by atoms with E-state index >= 15 is 0 Å². The number of morpholine rings is 1. The summed E-state index contributed by atoms with van der Waals surface area (Å²) in [6.45, 7) is 4.09. The predicted octanol–water partition coefficient (Wildman–Crippen LogP) is -0.489. The molecule has 0 aliphatic carbocycles. The molecule has 3 N–H and O–H groups in total. The summed E-state index contributed by atoms with van der Waals surface area (Å²) in [5.74, 6) is -0.776. The lowest BCUT2D eigenvalue weighted by Crippen LogP contribution is -2.43. The zero-order chi connectivity index (χ0) is 10.4. The van der Waals surface area contributed by atoms with Crippen LogP contribution in [0.25, 0.3) is 0 Å². The minimum absolute atomic E-state index is 0.0378. The van der Waals surface area contributed by atoms with E-state index in [0.717, 1.165) is 32.8 Å². The van der Waals surface area contributed by atoms with Crippen molar-refractivity contribution in [2.24, 2.45) is 5.73 Å². The number of ether oxygens (including phenoxy) is 1. The first-order valence-electron chi connectivity index (χ1n) is 4.96. The van der Waals surface area contributed by atoms with Crippen LogP contribution in [-0.4, -0.2) is 54.9 Å². The highest BCUT2D eigenvalue weighted by Crippen LogP contribution is 2.01. The van der Waals surface area contributed by atoms with Gasteiger partial charge in [0.1, 0.15) is 0 Å². The largest absolute Gasteiger partial charge is 0.481 e. The van der Waals surface area contributed by atoms with E-state index in [1.807, 2.05) is 0 Å². The van der Waals surface area contributed by atoms with Crippen LogP contribution in [0.15, 0.2) is 0 Å². The number of rotatable bonds is 5. The van der Waals surface area contributed by atoms with E-state index in [1.54, 1.807) is 0 Å². The normalized spacial score (nSPS) is 20.6. The number of carbonyl (C=O) groups is 1. The average Bonchev–Trinajstić information content (AvgIpc) is 2.16. The quantitative estimate of drug-likeness (QED) is 0.629. The number of carboxylic acid groups (broad SMARTS) is 1. The van der Waals surface area contributed by atoms with Crippen molar-refractivity contribution in [2.75, 3.05) is 32.8 Å². The summed E-state index contributed by atoms with van der Waals surface area (Å²) in [4.78, 5) is 12.5. The molecular formula is C9H18N2O3. The van der Waals surface area contributed by atoms with Crippen LogP contribution < -0.4 is 5.73 Å². The van der Waals surface area contributed by atoms with Crippen LogP contribution in [0, 0.1) is 0 Å². The molecule has 0 unspecified atom stereocenters. The second-order valence-electron chi connectivity index (χ2n) is 3.61. The van der Waals surface area contributed by atoms with Crippen LogP contribution in [0.1, 0.15) is 12.8 Å². The van der Waals surface area contributed by atoms with Gasteiger partial charge in [0.25, 0.3) is 0 Å². The molecule has 1 saturated heterocycles. The highest BCUT2D eigenvalue weighted by Gasteiger charge is 2.14. The van der Waals surface area contributed by atoms with Gasteiger partial charge in [0.15, 0.2) is 0 Å². The van der Waals surface area contributed by atoms with Crippen molar-refractivity contribution >= 4 is 5.97 Å². The van der Waals surface area contributed by atoms with Gasteiger partial charge in [0, 0.05) is 32.1 Å². The molecular weight excluding hydrogens is 184 g/mol. The molecule has 0 amide bonds. The summed E-state index contributed by atoms with van der Waals surface area (Å²) < 4.78 is 5.20. The predicted molar refractivity (Wildman–Crippen MR) is 52.1 cm³/mol.